The highest BCUT2D eigenvalue weighted by atomic mass is 15.5. The highest BCUT2D eigenvalue weighted by Gasteiger charge is 2.78. The molecule has 11 aliphatic carbocycles. The number of para-hydroxylation sites is 4. The molecular formula is C82H104N8. The summed E-state index contributed by atoms with van der Waals surface area (Å²) >= 11 is 0. The van der Waals surface area contributed by atoms with Gasteiger partial charge in [0.15, 0.2) is 0 Å². The Bertz CT molecular complexity index is 3150. The molecule has 8 heteroatoms. The van der Waals surface area contributed by atoms with Gasteiger partial charge in [0.2, 0.25) is 0 Å². The van der Waals surface area contributed by atoms with E-state index in [4.69, 9.17) is 0 Å². The van der Waals surface area contributed by atoms with Crippen LogP contribution >= 0.6 is 0 Å². The predicted octanol–water partition coefficient (Wildman–Crippen LogP) is 14.4. The summed E-state index contributed by atoms with van der Waals surface area (Å²) in [6.45, 7) is 0. The molecule has 90 heavy (non-hydrogen) atoms. The second-order valence-corrected chi connectivity index (χ2v) is 35.2. The molecule has 8 saturated heterocycles. The molecule has 0 amide bonds. The van der Waals surface area contributed by atoms with Crippen LogP contribution < -0.4 is 19.6 Å². The van der Waals surface area contributed by atoms with Crippen LogP contribution in [-0.4, -0.2) is 140 Å². The molecule has 4 aromatic rings. The third-order valence-corrected chi connectivity index (χ3v) is 33.0. The molecule has 11 saturated carbocycles. The maximum atomic E-state index is 3.66. The fraction of sp³-hybridized carbons (Fsp3) is 0.707. The van der Waals surface area contributed by atoms with Gasteiger partial charge >= 0.3 is 0 Å². The van der Waals surface area contributed by atoms with Gasteiger partial charge in [-0.15, -0.1) is 0 Å². The Morgan fingerprint density at radius 1 is 0.189 bits per heavy atom. The number of hydrogen-bond donors (Lipinski definition) is 0. The lowest BCUT2D eigenvalue weighted by atomic mass is 9.41. The van der Waals surface area contributed by atoms with Crippen LogP contribution in [0.5, 0.6) is 0 Å². The quantitative estimate of drug-likeness (QED) is 0.199. The van der Waals surface area contributed by atoms with E-state index in [1.807, 2.05) is 0 Å². The Labute approximate surface area is 539 Å². The lowest BCUT2D eigenvalue weighted by molar-refractivity contribution is -0.271. The van der Waals surface area contributed by atoms with Crippen molar-refractivity contribution in [3.8, 4) is 0 Å². The molecule has 0 spiro atoms. The minimum Gasteiger partial charge on any atom is -0.362 e. The molecule has 32 atom stereocenters. The lowest BCUT2D eigenvalue weighted by Gasteiger charge is -2.81. The second-order valence-electron chi connectivity index (χ2n) is 35.2. The van der Waals surface area contributed by atoms with Crippen LogP contribution in [0.25, 0.3) is 0 Å². The molecular weight excluding hydrogens is 1100 g/mol. The summed E-state index contributed by atoms with van der Waals surface area (Å²) in [6.07, 6.45) is 37.6. The van der Waals surface area contributed by atoms with Crippen LogP contribution in [0.1, 0.15) is 167 Å². The number of piperidine rings is 4. The maximum Gasteiger partial charge on any atom is 0.0473 e. The van der Waals surface area contributed by atoms with Gasteiger partial charge < -0.3 is 19.6 Å². The molecule has 0 bridgehead atoms. The van der Waals surface area contributed by atoms with Crippen molar-refractivity contribution < 1.29 is 0 Å². The molecule has 472 valence electrons. The van der Waals surface area contributed by atoms with Gasteiger partial charge in [0.05, 0.1) is 0 Å². The SMILES string of the molecule is c1ccc(N2C3CCCCC3N3C4CCCC5CC6CCCC7C6C(C54)C4C3C2CC2C4N7C3CC4C(CC3N2c2ccccc2)N(c2ccccc2)C2CC3C5C6C7C8C(CCCC8N5C5CCCCC5N3c3ccccc3)CC3CCCC(C37)N4C62)cc1. The molecule has 0 radical (unpaired) electrons. The van der Waals surface area contributed by atoms with Gasteiger partial charge in [-0.25, -0.2) is 0 Å². The van der Waals surface area contributed by atoms with E-state index >= 15 is 0 Å². The molecule has 32 unspecified atom stereocenters. The van der Waals surface area contributed by atoms with Crippen molar-refractivity contribution in [2.24, 2.45) is 71.0 Å². The zero-order chi connectivity index (χ0) is 57.9. The van der Waals surface area contributed by atoms with E-state index in [1.54, 1.807) is 35.6 Å². The van der Waals surface area contributed by atoms with E-state index in [0.29, 0.717) is 96.7 Å². The van der Waals surface area contributed by atoms with Crippen LogP contribution in [0.3, 0.4) is 0 Å². The van der Waals surface area contributed by atoms with Gasteiger partial charge in [0, 0.05) is 144 Å². The van der Waals surface area contributed by atoms with Gasteiger partial charge in [-0.05, 0) is 209 Å². The molecule has 19 aliphatic rings. The average molecular weight is 1200 g/mol. The first-order valence-corrected chi connectivity index (χ1v) is 39.2. The Morgan fingerprint density at radius 3 is 0.767 bits per heavy atom. The standard InChI is InChI=1S/C82H104N8/c1-5-25-51(26-6-1)83-55-33-13-15-35-57(55)87-59-37-17-21-47-41-49-23-19-39-61-73(49)75(71(47)59)77-79(87)67(83)45-69-81(77)89(61)65-44-66-64(43-63(65)85(69)53-29-9-3-10-30-53)86(54-31-11-4-12-32-54)70-46-68-80-78-76-72-48(42-50-24-20-40-62(74(50)76)90(66)82(70)78)22-18-38-60(72)88(80)58-36-16-14-34-56(58)84(68)52-27-7-2-8-28-52/h1-12,25-32,47-50,55-82H,13-24,33-46H2. The van der Waals surface area contributed by atoms with Gasteiger partial charge in [0.1, 0.15) is 0 Å². The number of piperazine rings is 4. The van der Waals surface area contributed by atoms with Gasteiger partial charge in [-0.2, -0.15) is 0 Å². The Morgan fingerprint density at radius 2 is 0.444 bits per heavy atom. The van der Waals surface area contributed by atoms with E-state index in [9.17, 15) is 0 Å². The van der Waals surface area contributed by atoms with Crippen molar-refractivity contribution in [1.82, 2.24) is 19.6 Å². The number of anilines is 4. The summed E-state index contributed by atoms with van der Waals surface area (Å²) in [5, 5.41) is 0. The summed E-state index contributed by atoms with van der Waals surface area (Å²) in [7, 11) is 0. The van der Waals surface area contributed by atoms with Crippen molar-refractivity contribution in [1.29, 1.82) is 0 Å². The number of benzene rings is 4. The molecule has 8 aliphatic heterocycles. The molecule has 0 N–H and O–H groups in total. The Kier molecular flexibility index (Phi) is 11.7. The normalized spacial score (nSPS) is 51.9. The van der Waals surface area contributed by atoms with Crippen LogP contribution in [0.15, 0.2) is 121 Å². The van der Waals surface area contributed by atoms with Gasteiger partial charge in [0.25, 0.3) is 0 Å². The van der Waals surface area contributed by atoms with E-state index in [1.165, 1.54) is 154 Å². The van der Waals surface area contributed by atoms with Crippen LogP contribution in [0.4, 0.5) is 22.7 Å². The first kappa shape index (κ1) is 53.2. The zero-order valence-electron chi connectivity index (χ0n) is 54.0. The predicted molar refractivity (Wildman–Crippen MR) is 361 cm³/mol. The summed E-state index contributed by atoms with van der Waals surface area (Å²) in [5.74, 6) is 10.6. The summed E-state index contributed by atoms with van der Waals surface area (Å²) < 4.78 is 0. The van der Waals surface area contributed by atoms with Crippen LogP contribution in [0.2, 0.25) is 0 Å². The lowest BCUT2D eigenvalue weighted by Crippen LogP contribution is -2.91. The zero-order valence-corrected chi connectivity index (χ0v) is 54.0. The maximum absolute atomic E-state index is 3.66. The monoisotopic (exact) mass is 1200 g/mol. The summed E-state index contributed by atoms with van der Waals surface area (Å²) in [6, 6.07) is 62.3. The summed E-state index contributed by atoms with van der Waals surface area (Å²) in [5.41, 5.74) is 6.25. The highest BCUT2D eigenvalue weighted by Crippen LogP contribution is 2.72. The molecule has 19 fully saturated rings. The van der Waals surface area contributed by atoms with Crippen molar-refractivity contribution in [3.63, 3.8) is 0 Å². The van der Waals surface area contributed by atoms with Crippen molar-refractivity contribution in [2.75, 3.05) is 19.6 Å². The smallest absolute Gasteiger partial charge is 0.0473 e. The Hall–Kier alpha value is -4.08. The van der Waals surface area contributed by atoms with Crippen LogP contribution in [-0.2, 0) is 0 Å². The van der Waals surface area contributed by atoms with E-state index < -0.39 is 0 Å². The van der Waals surface area contributed by atoms with Crippen molar-refractivity contribution in [2.45, 2.75) is 288 Å². The number of rotatable bonds is 4. The number of nitrogens with zero attached hydrogens (tertiary/aromatic N) is 8. The minimum atomic E-state index is 0.482. The van der Waals surface area contributed by atoms with Gasteiger partial charge in [-0.1, -0.05) is 150 Å². The van der Waals surface area contributed by atoms with E-state index in [-0.39, 0.29) is 0 Å². The third-order valence-electron chi connectivity index (χ3n) is 33.0. The van der Waals surface area contributed by atoms with Gasteiger partial charge in [-0.3, -0.25) is 19.6 Å². The summed E-state index contributed by atoms with van der Waals surface area (Å²) in [4.78, 5) is 27.5. The van der Waals surface area contributed by atoms with E-state index in [0.717, 1.165) is 95.2 Å². The average Bonchev–Trinajstić information content (AvgIpc) is 0.666. The second kappa shape index (κ2) is 19.8. The molecule has 0 aromatic heterocycles. The Balaban J connectivity index is 0.735. The molecule has 8 nitrogen and oxygen atoms in total. The minimum absolute atomic E-state index is 0.482. The highest BCUT2D eigenvalue weighted by molar-refractivity contribution is 5.59. The largest absolute Gasteiger partial charge is 0.362 e. The number of fused-ring (bicyclic) bond motifs is 12. The van der Waals surface area contributed by atoms with Crippen molar-refractivity contribution >= 4 is 22.7 Å². The van der Waals surface area contributed by atoms with Crippen LogP contribution in [0, 0.1) is 71.0 Å². The third kappa shape index (κ3) is 6.86. The topological polar surface area (TPSA) is 25.9 Å². The molecule has 23 rings (SSSR count). The first-order chi connectivity index (χ1) is 44.7. The number of hydrogen-bond acceptors (Lipinski definition) is 8. The molecule has 4 aromatic carbocycles. The molecule has 8 heterocycles. The first-order valence-electron chi connectivity index (χ1n) is 39.2. The van der Waals surface area contributed by atoms with E-state index in [2.05, 4.69) is 161 Å². The fourth-order valence-electron chi connectivity index (χ4n) is 31.9. The van der Waals surface area contributed by atoms with Crippen molar-refractivity contribution in [3.05, 3.63) is 121 Å². The fourth-order valence-corrected chi connectivity index (χ4v) is 31.9.